The molecular formula is C61H98O6. The zero-order chi connectivity index (χ0) is 48.6. The predicted molar refractivity (Wildman–Crippen MR) is 288 cm³/mol. The number of hydrogen-bond donors (Lipinski definition) is 0. The van der Waals surface area contributed by atoms with Crippen molar-refractivity contribution in [2.24, 2.45) is 0 Å². The Morgan fingerprint density at radius 2 is 0.582 bits per heavy atom. The van der Waals surface area contributed by atoms with Gasteiger partial charge in [-0.2, -0.15) is 0 Å². The van der Waals surface area contributed by atoms with Crippen LogP contribution in [0.4, 0.5) is 0 Å². The summed E-state index contributed by atoms with van der Waals surface area (Å²) in [6, 6.07) is 0. The first-order valence-electron chi connectivity index (χ1n) is 27.0. The van der Waals surface area contributed by atoms with E-state index in [0.29, 0.717) is 19.3 Å². The van der Waals surface area contributed by atoms with Crippen LogP contribution in [0.25, 0.3) is 0 Å². The maximum absolute atomic E-state index is 12.8. The van der Waals surface area contributed by atoms with E-state index in [1.807, 2.05) is 0 Å². The molecule has 6 heteroatoms. The lowest BCUT2D eigenvalue weighted by Gasteiger charge is -2.18. The van der Waals surface area contributed by atoms with Gasteiger partial charge in [-0.05, 0) is 128 Å². The quantitative estimate of drug-likeness (QED) is 0.0262. The Kier molecular flexibility index (Phi) is 51.0. The third-order valence-electron chi connectivity index (χ3n) is 10.9. The summed E-state index contributed by atoms with van der Waals surface area (Å²) in [6.07, 6.45) is 74.6. The molecule has 0 aromatic heterocycles. The van der Waals surface area contributed by atoms with Gasteiger partial charge in [0.2, 0.25) is 0 Å². The fourth-order valence-corrected chi connectivity index (χ4v) is 6.92. The van der Waals surface area contributed by atoms with Crippen molar-refractivity contribution in [3.8, 4) is 0 Å². The lowest BCUT2D eigenvalue weighted by atomic mass is 10.1. The first-order chi connectivity index (χ1) is 33.0. The summed E-state index contributed by atoms with van der Waals surface area (Å²) in [5.41, 5.74) is 0. The van der Waals surface area contributed by atoms with E-state index in [9.17, 15) is 14.4 Å². The maximum Gasteiger partial charge on any atom is 0.306 e. The molecule has 378 valence electrons. The average Bonchev–Trinajstić information content (AvgIpc) is 3.33. The van der Waals surface area contributed by atoms with Gasteiger partial charge in [-0.3, -0.25) is 14.4 Å². The van der Waals surface area contributed by atoms with Crippen molar-refractivity contribution in [3.05, 3.63) is 122 Å². The first kappa shape index (κ1) is 62.8. The van der Waals surface area contributed by atoms with Crippen LogP contribution in [-0.4, -0.2) is 37.2 Å². The van der Waals surface area contributed by atoms with E-state index in [1.54, 1.807) is 0 Å². The monoisotopic (exact) mass is 927 g/mol. The van der Waals surface area contributed by atoms with E-state index >= 15 is 0 Å². The van der Waals surface area contributed by atoms with Crippen LogP contribution in [0.2, 0.25) is 0 Å². The van der Waals surface area contributed by atoms with Gasteiger partial charge in [-0.25, -0.2) is 0 Å². The number of carbonyl (C=O) groups excluding carboxylic acids is 3. The highest BCUT2D eigenvalue weighted by molar-refractivity contribution is 5.71. The molecule has 0 saturated heterocycles. The molecule has 0 amide bonds. The summed E-state index contributed by atoms with van der Waals surface area (Å²) in [5, 5.41) is 0. The third kappa shape index (κ3) is 52.6. The van der Waals surface area contributed by atoms with Gasteiger partial charge in [0, 0.05) is 19.3 Å². The molecule has 0 radical (unpaired) electrons. The van der Waals surface area contributed by atoms with Crippen LogP contribution in [0.3, 0.4) is 0 Å². The summed E-state index contributed by atoms with van der Waals surface area (Å²) in [4.78, 5) is 38.1. The molecule has 0 saturated carbocycles. The molecule has 0 aliphatic rings. The molecule has 1 atom stereocenters. The predicted octanol–water partition coefficient (Wildman–Crippen LogP) is 18.1. The molecule has 67 heavy (non-hydrogen) atoms. The molecule has 0 N–H and O–H groups in total. The van der Waals surface area contributed by atoms with E-state index in [2.05, 4.69) is 142 Å². The number of carbonyl (C=O) groups is 3. The zero-order valence-corrected chi connectivity index (χ0v) is 43.1. The van der Waals surface area contributed by atoms with Gasteiger partial charge in [0.05, 0.1) is 0 Å². The van der Waals surface area contributed by atoms with Crippen LogP contribution < -0.4 is 0 Å². The molecule has 0 aliphatic carbocycles. The van der Waals surface area contributed by atoms with Crippen LogP contribution >= 0.6 is 0 Å². The highest BCUT2D eigenvalue weighted by Gasteiger charge is 2.19. The molecule has 0 spiro atoms. The molecule has 0 aromatic rings. The Hall–Kier alpha value is -4.19. The van der Waals surface area contributed by atoms with Gasteiger partial charge < -0.3 is 14.2 Å². The summed E-state index contributed by atoms with van der Waals surface area (Å²) in [6.45, 7) is 6.32. The molecule has 6 nitrogen and oxygen atoms in total. The normalized spacial score (nSPS) is 13.1. The van der Waals surface area contributed by atoms with Crippen LogP contribution in [0, 0.1) is 0 Å². The van der Waals surface area contributed by atoms with E-state index in [-0.39, 0.29) is 31.1 Å². The van der Waals surface area contributed by atoms with Gasteiger partial charge in [0.25, 0.3) is 0 Å². The number of esters is 3. The number of hydrogen-bond acceptors (Lipinski definition) is 6. The zero-order valence-electron chi connectivity index (χ0n) is 43.1. The Labute approximate surface area is 412 Å². The third-order valence-corrected chi connectivity index (χ3v) is 10.9. The Balaban J connectivity index is 4.52. The van der Waals surface area contributed by atoms with Crippen molar-refractivity contribution < 1.29 is 28.6 Å². The van der Waals surface area contributed by atoms with E-state index in [0.717, 1.165) is 161 Å². The summed E-state index contributed by atoms with van der Waals surface area (Å²) >= 11 is 0. The number of unbranched alkanes of at least 4 members (excludes halogenated alkanes) is 16. The molecular weight excluding hydrogens is 829 g/mol. The van der Waals surface area contributed by atoms with Gasteiger partial charge in [0.15, 0.2) is 6.10 Å². The lowest BCUT2D eigenvalue weighted by Crippen LogP contribution is -2.30. The number of allylic oxidation sites excluding steroid dienone is 20. The van der Waals surface area contributed by atoms with Crippen LogP contribution in [0.1, 0.15) is 226 Å². The first-order valence-corrected chi connectivity index (χ1v) is 27.0. The fraction of sp³-hybridized carbons (Fsp3) is 0.623. The Morgan fingerprint density at radius 3 is 0.925 bits per heavy atom. The van der Waals surface area contributed by atoms with Crippen LogP contribution in [-0.2, 0) is 28.6 Å². The van der Waals surface area contributed by atoms with Gasteiger partial charge in [-0.15, -0.1) is 0 Å². The number of ether oxygens (including phenoxy) is 3. The molecule has 0 unspecified atom stereocenters. The molecule has 0 aromatic carbocycles. The van der Waals surface area contributed by atoms with Crippen molar-refractivity contribution in [2.45, 2.75) is 232 Å². The second kappa shape index (κ2) is 54.4. The smallest absolute Gasteiger partial charge is 0.306 e. The van der Waals surface area contributed by atoms with Crippen molar-refractivity contribution in [2.75, 3.05) is 13.2 Å². The Morgan fingerprint density at radius 1 is 0.313 bits per heavy atom. The van der Waals surface area contributed by atoms with E-state index < -0.39 is 6.10 Å². The molecule has 0 fully saturated rings. The largest absolute Gasteiger partial charge is 0.462 e. The second-order valence-electron chi connectivity index (χ2n) is 17.4. The molecule has 0 aliphatic heterocycles. The van der Waals surface area contributed by atoms with Crippen LogP contribution in [0.15, 0.2) is 122 Å². The van der Waals surface area contributed by atoms with E-state index in [4.69, 9.17) is 14.2 Å². The standard InChI is InChI=1S/C61H98O6/c1-4-7-10-13-16-19-22-25-28-29-30-31-34-36-39-42-45-48-51-54-60(63)66-57-58(67-61(64)55-52-49-46-43-40-37-33-27-24-21-18-15-12-9-6-3)56-65-59(62)53-50-47-44-41-38-35-32-26-23-20-17-14-11-8-5-2/h7-8,10-11,16-21,25-28,30-33,36,39,58H,4-6,9,12-15,22-24,29,34-35,37-38,40-57H2,1-3H3/t58-/m1/s1. The van der Waals surface area contributed by atoms with Crippen LogP contribution in [0.5, 0.6) is 0 Å². The van der Waals surface area contributed by atoms with Crippen molar-refractivity contribution in [3.63, 3.8) is 0 Å². The van der Waals surface area contributed by atoms with Gasteiger partial charge >= 0.3 is 17.9 Å². The van der Waals surface area contributed by atoms with Crippen molar-refractivity contribution in [1.29, 1.82) is 0 Å². The lowest BCUT2D eigenvalue weighted by molar-refractivity contribution is -0.167. The summed E-state index contributed by atoms with van der Waals surface area (Å²) < 4.78 is 16.8. The van der Waals surface area contributed by atoms with Crippen molar-refractivity contribution >= 4 is 17.9 Å². The van der Waals surface area contributed by atoms with Gasteiger partial charge in [0.1, 0.15) is 13.2 Å². The summed E-state index contributed by atoms with van der Waals surface area (Å²) in [5.74, 6) is -0.975. The van der Waals surface area contributed by atoms with E-state index in [1.165, 1.54) is 25.7 Å². The molecule has 0 heterocycles. The highest BCUT2D eigenvalue weighted by atomic mass is 16.6. The molecule has 0 rings (SSSR count). The van der Waals surface area contributed by atoms with Gasteiger partial charge in [-0.1, -0.05) is 200 Å². The average molecular weight is 927 g/mol. The minimum atomic E-state index is -0.810. The SMILES string of the molecule is CCC=CCC=CCC=CCC=CCC=CCCCCCC(=O)OC[C@@H](COC(=O)CCCCCCCC=CCC=CCC=CCC)OC(=O)CCCCCCCC=CCC=CCCCCC. The second-order valence-corrected chi connectivity index (χ2v) is 17.4. The minimum absolute atomic E-state index is 0.107. The maximum atomic E-state index is 12.8. The number of rotatable bonds is 47. The Bertz CT molecular complexity index is 1440. The molecule has 0 bridgehead atoms. The fourth-order valence-electron chi connectivity index (χ4n) is 6.92. The van der Waals surface area contributed by atoms with Crippen molar-refractivity contribution in [1.82, 2.24) is 0 Å². The topological polar surface area (TPSA) is 78.9 Å². The minimum Gasteiger partial charge on any atom is -0.462 e. The highest BCUT2D eigenvalue weighted by Crippen LogP contribution is 2.13. The summed E-state index contributed by atoms with van der Waals surface area (Å²) in [7, 11) is 0.